The molecule has 5 rings (SSSR count). The second kappa shape index (κ2) is 9.05. The molecule has 4 aromatic rings. The summed E-state index contributed by atoms with van der Waals surface area (Å²) >= 11 is 3.56. The number of hydrogen-bond acceptors (Lipinski definition) is 7. The smallest absolute Gasteiger partial charge is 0.338 e. The van der Waals surface area contributed by atoms with Crippen LogP contribution in [0.5, 0.6) is 0 Å². The summed E-state index contributed by atoms with van der Waals surface area (Å²) < 4.78 is 16.2. The number of nitrogen functional groups attached to an aromatic ring is 1. The highest BCUT2D eigenvalue weighted by Gasteiger charge is 2.34. The topological polar surface area (TPSA) is 132 Å². The molecule has 0 saturated heterocycles. The highest BCUT2D eigenvalue weighted by Crippen LogP contribution is 2.41. The van der Waals surface area contributed by atoms with Crippen LogP contribution in [0.3, 0.4) is 0 Å². The molecule has 0 amide bonds. The van der Waals surface area contributed by atoms with Gasteiger partial charge in [-0.2, -0.15) is 9.61 Å². The van der Waals surface area contributed by atoms with Crippen molar-refractivity contribution in [2.75, 3.05) is 5.73 Å². The van der Waals surface area contributed by atoms with Crippen LogP contribution in [0.15, 0.2) is 47.5 Å². The Hall–Kier alpha value is -3.47. The minimum Gasteiger partial charge on any atom is -0.479 e. The molecule has 1 saturated carbocycles. The molecule has 1 aliphatic carbocycles. The van der Waals surface area contributed by atoms with Gasteiger partial charge in [0.1, 0.15) is 11.5 Å². The Bertz CT molecular complexity index is 1340. The summed E-state index contributed by atoms with van der Waals surface area (Å²) in [5, 5.41) is 13.4. The third kappa shape index (κ3) is 4.00. The highest BCUT2D eigenvalue weighted by molar-refractivity contribution is 9.10. The molecule has 9 nitrogen and oxygen atoms in total. The number of nitrogens with zero attached hydrogens (tertiary/aromatic N) is 6. The van der Waals surface area contributed by atoms with Crippen molar-refractivity contribution in [1.82, 2.24) is 29.5 Å². The Morgan fingerprint density at radius 1 is 1.15 bits per heavy atom. The van der Waals surface area contributed by atoms with E-state index in [0.717, 1.165) is 16.8 Å². The van der Waals surface area contributed by atoms with Crippen LogP contribution in [0.4, 0.5) is 10.2 Å². The minimum atomic E-state index is -1.83. The number of aromatic nitrogens is 6. The summed E-state index contributed by atoms with van der Waals surface area (Å²) in [6.45, 7) is 0. The van der Waals surface area contributed by atoms with Crippen molar-refractivity contribution in [2.45, 2.75) is 37.8 Å². The van der Waals surface area contributed by atoms with E-state index in [1.807, 2.05) is 12.1 Å². The molecule has 4 heterocycles. The lowest BCUT2D eigenvalue weighted by Gasteiger charge is -2.29. The maximum atomic E-state index is 14.0. The lowest BCUT2D eigenvalue weighted by molar-refractivity contribution is -0.145. The van der Waals surface area contributed by atoms with Gasteiger partial charge in [0.15, 0.2) is 17.6 Å². The quantitative estimate of drug-likeness (QED) is 0.394. The summed E-state index contributed by atoms with van der Waals surface area (Å²) in [5.74, 6) is -0.869. The zero-order valence-electron chi connectivity index (χ0n) is 18.0. The number of anilines is 1. The average Bonchev–Trinajstić information content (AvgIpc) is 3.30. The van der Waals surface area contributed by atoms with Crippen molar-refractivity contribution in [2.24, 2.45) is 5.92 Å². The summed E-state index contributed by atoms with van der Waals surface area (Å²) in [6.07, 6.45) is 7.15. The second-order valence-corrected chi connectivity index (χ2v) is 9.14. The maximum Gasteiger partial charge on any atom is 0.338 e. The van der Waals surface area contributed by atoms with Crippen LogP contribution in [0.25, 0.3) is 28.3 Å². The Labute approximate surface area is 202 Å². The second-order valence-electron chi connectivity index (χ2n) is 8.35. The summed E-state index contributed by atoms with van der Waals surface area (Å²) in [4.78, 5) is 28.8. The highest BCUT2D eigenvalue weighted by atomic mass is 79.9. The molecule has 0 radical (unpaired) electrons. The first kappa shape index (κ1) is 22.3. The van der Waals surface area contributed by atoms with Gasteiger partial charge in [0.2, 0.25) is 0 Å². The number of nitrogens with two attached hydrogens (primary N) is 1. The number of carbonyl (C=O) groups is 1. The average molecular weight is 526 g/mol. The van der Waals surface area contributed by atoms with E-state index in [9.17, 15) is 9.18 Å². The van der Waals surface area contributed by atoms with Crippen LogP contribution in [0, 0.1) is 5.92 Å². The number of pyridine rings is 1. The Kier molecular flexibility index (Phi) is 5.94. The number of rotatable bonds is 5. The molecule has 0 aliphatic heterocycles. The SMILES string of the molecule is Nc1c(Br)c([C@H]2CC[C@@H](C(F)C(=O)O)CC2)nc2c(-c3ccc(-c4ncccn4)nc3)cnn12. The van der Waals surface area contributed by atoms with E-state index in [0.29, 0.717) is 53.1 Å². The van der Waals surface area contributed by atoms with Gasteiger partial charge in [0.05, 0.1) is 16.4 Å². The minimum absolute atomic E-state index is 0.0393. The first-order valence-corrected chi connectivity index (χ1v) is 11.7. The van der Waals surface area contributed by atoms with Crippen LogP contribution in [-0.2, 0) is 4.79 Å². The van der Waals surface area contributed by atoms with Gasteiger partial charge in [-0.3, -0.25) is 4.98 Å². The zero-order valence-corrected chi connectivity index (χ0v) is 19.6. The number of aliphatic carboxylic acids is 1. The molecular weight excluding hydrogens is 505 g/mol. The number of carboxylic acid groups (broad SMARTS) is 1. The monoisotopic (exact) mass is 525 g/mol. The molecule has 3 N–H and O–H groups in total. The van der Waals surface area contributed by atoms with E-state index in [-0.39, 0.29) is 5.92 Å². The van der Waals surface area contributed by atoms with Crippen molar-refractivity contribution in [3.8, 4) is 22.6 Å². The number of halogens is 2. The molecular formula is C23H21BrFN7O2. The fourth-order valence-electron chi connectivity index (χ4n) is 4.49. The number of carboxylic acids is 1. The van der Waals surface area contributed by atoms with E-state index in [1.165, 1.54) is 0 Å². The van der Waals surface area contributed by atoms with Crippen molar-refractivity contribution < 1.29 is 14.3 Å². The van der Waals surface area contributed by atoms with Gasteiger partial charge in [0.25, 0.3) is 0 Å². The van der Waals surface area contributed by atoms with Crippen molar-refractivity contribution in [1.29, 1.82) is 0 Å². The molecule has 34 heavy (non-hydrogen) atoms. The number of hydrogen-bond donors (Lipinski definition) is 2. The van der Waals surface area contributed by atoms with Gasteiger partial charge in [-0.05, 0) is 53.7 Å². The van der Waals surface area contributed by atoms with Gasteiger partial charge in [-0.15, -0.1) is 0 Å². The van der Waals surface area contributed by atoms with Gasteiger partial charge >= 0.3 is 5.97 Å². The Balaban J connectivity index is 1.46. The fraction of sp³-hybridized carbons (Fsp3) is 0.304. The predicted molar refractivity (Wildman–Crippen MR) is 127 cm³/mol. The molecule has 174 valence electrons. The molecule has 1 atom stereocenters. The lowest BCUT2D eigenvalue weighted by atomic mass is 9.78. The van der Waals surface area contributed by atoms with Crippen LogP contribution < -0.4 is 5.73 Å². The van der Waals surface area contributed by atoms with E-state index in [4.69, 9.17) is 15.8 Å². The molecule has 1 unspecified atom stereocenters. The standard InChI is InChI=1S/C23H21BrFN7O2/c24-17-19(13-4-2-12(3-5-13)18(25)23(33)34)31-22-15(11-30-32(22)20(17)26)14-6-7-16(29-10-14)21-27-8-1-9-28-21/h1,6-13,18H,2-5,26H2,(H,33,34)/t12-,13+,18?. The van der Waals surface area contributed by atoms with E-state index in [2.05, 4.69) is 36.0 Å². The van der Waals surface area contributed by atoms with Gasteiger partial charge in [-0.1, -0.05) is 6.07 Å². The maximum absolute atomic E-state index is 14.0. The number of fused-ring (bicyclic) bond motifs is 1. The van der Waals surface area contributed by atoms with Gasteiger partial charge in [0, 0.05) is 41.6 Å². The van der Waals surface area contributed by atoms with Crippen LogP contribution in [0.2, 0.25) is 0 Å². The first-order valence-electron chi connectivity index (χ1n) is 10.9. The van der Waals surface area contributed by atoms with Gasteiger partial charge in [-0.25, -0.2) is 24.1 Å². The number of alkyl halides is 1. The molecule has 0 aromatic carbocycles. The molecule has 1 fully saturated rings. The summed E-state index contributed by atoms with van der Waals surface area (Å²) in [6, 6.07) is 5.50. The Morgan fingerprint density at radius 2 is 1.88 bits per heavy atom. The fourth-order valence-corrected chi connectivity index (χ4v) is 5.07. The molecule has 11 heteroatoms. The molecule has 1 aliphatic rings. The summed E-state index contributed by atoms with van der Waals surface area (Å²) in [5.41, 5.74) is 10.00. The molecule has 0 spiro atoms. The van der Waals surface area contributed by atoms with E-state index in [1.54, 1.807) is 35.4 Å². The first-order chi connectivity index (χ1) is 16.4. The van der Waals surface area contributed by atoms with Crippen LogP contribution in [0.1, 0.15) is 37.3 Å². The predicted octanol–water partition coefficient (Wildman–Crippen LogP) is 4.29. The largest absolute Gasteiger partial charge is 0.479 e. The van der Waals surface area contributed by atoms with E-state index < -0.39 is 18.1 Å². The normalized spacial score (nSPS) is 19.2. The lowest BCUT2D eigenvalue weighted by Crippen LogP contribution is -2.28. The Morgan fingerprint density at radius 3 is 2.53 bits per heavy atom. The molecule has 4 aromatic heterocycles. The van der Waals surface area contributed by atoms with Crippen LogP contribution >= 0.6 is 15.9 Å². The van der Waals surface area contributed by atoms with E-state index >= 15 is 0 Å². The third-order valence-corrected chi connectivity index (χ3v) is 7.14. The summed E-state index contributed by atoms with van der Waals surface area (Å²) in [7, 11) is 0. The van der Waals surface area contributed by atoms with Crippen molar-refractivity contribution in [3.05, 3.63) is 53.2 Å². The molecule has 0 bridgehead atoms. The van der Waals surface area contributed by atoms with Crippen molar-refractivity contribution >= 4 is 33.4 Å². The zero-order chi connectivity index (χ0) is 23.8. The van der Waals surface area contributed by atoms with Crippen LogP contribution in [-0.4, -0.2) is 46.8 Å². The van der Waals surface area contributed by atoms with Crippen molar-refractivity contribution in [3.63, 3.8) is 0 Å². The third-order valence-electron chi connectivity index (χ3n) is 6.33. The van der Waals surface area contributed by atoms with Gasteiger partial charge < -0.3 is 10.8 Å².